The van der Waals surface area contributed by atoms with Crippen LogP contribution >= 0.6 is 11.6 Å². The second kappa shape index (κ2) is 26.7. The van der Waals surface area contributed by atoms with Crippen LogP contribution in [0.3, 0.4) is 0 Å². The van der Waals surface area contributed by atoms with Crippen molar-refractivity contribution in [3.63, 3.8) is 0 Å². The first kappa shape index (κ1) is 57.4. The van der Waals surface area contributed by atoms with E-state index < -0.39 is 63.2 Å². The van der Waals surface area contributed by atoms with Gasteiger partial charge in [0.15, 0.2) is 11.6 Å². The highest BCUT2D eigenvalue weighted by Crippen LogP contribution is 2.46. The number of aryl methyl sites for hydroxylation is 2. The Labute approximate surface area is 458 Å². The molecule has 3 heterocycles. The van der Waals surface area contributed by atoms with Crippen molar-refractivity contribution in [3.05, 3.63) is 149 Å². The van der Waals surface area contributed by atoms with Crippen LogP contribution in [0, 0.1) is 44.7 Å². The normalized spacial score (nSPS) is 18.1. The van der Waals surface area contributed by atoms with Gasteiger partial charge < -0.3 is 47.9 Å². The van der Waals surface area contributed by atoms with Crippen LogP contribution in [0.25, 0.3) is 5.57 Å². The number of hydrogen-bond acceptors (Lipinski definition) is 16. The third-order valence-corrected chi connectivity index (χ3v) is 14.6. The fourth-order valence-corrected chi connectivity index (χ4v) is 10.6. The summed E-state index contributed by atoms with van der Waals surface area (Å²) < 4.78 is 61.6. The predicted molar refractivity (Wildman–Crippen MR) is 277 cm³/mol. The standard InChI is InChI=1S/C55H60ClF2N5O16/c1-34-27-36(10-17-48(34)72-2)32-60(40-13-14-40)53(65)49-44(38-11-8-35(9-12-38)6-4-22-74-51-46(58)16-15-45(57)50(51)56)31-41-29-39(30-47(49)61(41)54(66)75-25-23-73-24-26-76-62(68)69)52(64)59-20-18-42(19-21-59)78-55(67)79-43-7-3-5-37(28-43)33-77-63(70)71/h3,5,7-12,15-17,27-28,39-42,47H,4,6,13-14,18-26,29-33H2,1-2H3. The van der Waals surface area contributed by atoms with Crippen LogP contribution < -0.4 is 14.2 Å². The lowest BCUT2D eigenvalue weighted by molar-refractivity contribution is -0.763. The van der Waals surface area contributed by atoms with Gasteiger partial charge in [-0.25, -0.2) is 18.4 Å². The van der Waals surface area contributed by atoms with Crippen LogP contribution in [0.5, 0.6) is 17.2 Å². The van der Waals surface area contributed by atoms with Crippen LogP contribution in [-0.4, -0.2) is 126 Å². The van der Waals surface area contributed by atoms with Gasteiger partial charge in [0.2, 0.25) is 5.91 Å². The molecule has 422 valence electrons. The number of likely N-dealkylation sites (tertiary alicyclic amines) is 1. The Morgan fingerprint density at radius 1 is 0.810 bits per heavy atom. The highest BCUT2D eigenvalue weighted by molar-refractivity contribution is 6.32. The third-order valence-electron chi connectivity index (χ3n) is 14.2. The van der Waals surface area contributed by atoms with Gasteiger partial charge in [0, 0.05) is 56.1 Å². The molecule has 8 rings (SSSR count). The molecule has 3 atom stereocenters. The molecule has 3 amide bonds. The quantitative estimate of drug-likeness (QED) is 0.0159. The number of piperidine rings is 2. The molecular weight excluding hydrogens is 1060 g/mol. The molecule has 4 aliphatic rings. The molecule has 2 bridgehead atoms. The molecule has 21 nitrogen and oxygen atoms in total. The van der Waals surface area contributed by atoms with Crippen LogP contribution in [0.2, 0.25) is 5.02 Å². The number of nitrogens with zero attached hydrogens (tertiary/aromatic N) is 5. The van der Waals surface area contributed by atoms with Crippen molar-refractivity contribution in [2.75, 3.05) is 53.2 Å². The maximum absolute atomic E-state index is 15.7. The lowest BCUT2D eigenvalue weighted by Gasteiger charge is -2.50. The molecule has 3 aliphatic heterocycles. The van der Waals surface area contributed by atoms with E-state index in [1.807, 2.05) is 54.3 Å². The van der Waals surface area contributed by atoms with E-state index in [0.717, 1.165) is 47.2 Å². The summed E-state index contributed by atoms with van der Waals surface area (Å²) in [4.78, 5) is 92.8. The Bertz CT molecular complexity index is 2900. The molecular formula is C55H60ClF2N5O16. The molecule has 0 aromatic heterocycles. The van der Waals surface area contributed by atoms with E-state index in [2.05, 4.69) is 9.68 Å². The first-order valence-corrected chi connectivity index (χ1v) is 26.3. The zero-order valence-corrected chi connectivity index (χ0v) is 44.3. The van der Waals surface area contributed by atoms with Crippen LogP contribution in [0.1, 0.15) is 79.2 Å². The van der Waals surface area contributed by atoms with Crippen molar-refractivity contribution >= 4 is 41.2 Å². The molecule has 79 heavy (non-hydrogen) atoms. The molecule has 0 radical (unpaired) electrons. The number of benzene rings is 4. The summed E-state index contributed by atoms with van der Waals surface area (Å²) in [5.74, 6) is -2.24. The number of amides is 3. The van der Waals surface area contributed by atoms with Crippen molar-refractivity contribution in [2.45, 2.75) is 102 Å². The topological polar surface area (TPSA) is 238 Å². The molecule has 1 saturated carbocycles. The molecule has 4 aromatic rings. The molecule has 0 N–H and O–H groups in total. The number of ether oxygens (including phenoxy) is 6. The van der Waals surface area contributed by atoms with Gasteiger partial charge in [-0.05, 0) is 116 Å². The fourth-order valence-electron chi connectivity index (χ4n) is 10.4. The van der Waals surface area contributed by atoms with E-state index in [-0.39, 0.29) is 108 Å². The van der Waals surface area contributed by atoms with Gasteiger partial charge in [0.25, 0.3) is 16.1 Å². The van der Waals surface area contributed by atoms with E-state index >= 15 is 4.79 Å². The summed E-state index contributed by atoms with van der Waals surface area (Å²) in [5.41, 5.74) is 4.87. The van der Waals surface area contributed by atoms with E-state index in [1.54, 1.807) is 29.0 Å². The second-order valence-electron chi connectivity index (χ2n) is 19.6. The number of methoxy groups -OCH3 is 1. The summed E-state index contributed by atoms with van der Waals surface area (Å²) in [5, 5.41) is 18.9. The van der Waals surface area contributed by atoms with Crippen molar-refractivity contribution in [3.8, 4) is 17.2 Å². The average Bonchev–Trinajstić information content (AvgIpc) is 4.33. The zero-order valence-electron chi connectivity index (χ0n) is 43.5. The second-order valence-corrected chi connectivity index (χ2v) is 19.9. The number of rotatable bonds is 24. The number of fused-ring (bicyclic) bond motifs is 2. The SMILES string of the molecule is COc1ccc(CN(C(=O)C2=C(c3ccc(CCCOc4c(F)ccc(F)c4Cl)cc3)CC3CC(C(=O)N4CCC(OC(=O)Oc5cccc(CO[N+](=O)[O-])c5)CC4)CC2N3C(=O)OCCOCCO[N+](=O)[O-])C2CC2)cc1C. The molecule has 1 aliphatic carbocycles. The summed E-state index contributed by atoms with van der Waals surface area (Å²) in [6.07, 6.45) is 1.26. The minimum Gasteiger partial charge on any atom is -0.496 e. The molecule has 3 unspecified atom stereocenters. The van der Waals surface area contributed by atoms with E-state index in [0.29, 0.717) is 48.1 Å². The molecule has 2 saturated heterocycles. The minimum atomic E-state index is -0.979. The third kappa shape index (κ3) is 15.1. The summed E-state index contributed by atoms with van der Waals surface area (Å²) >= 11 is 5.96. The maximum atomic E-state index is 15.7. The smallest absolute Gasteiger partial charge is 0.496 e. The first-order chi connectivity index (χ1) is 38.1. The Morgan fingerprint density at radius 2 is 1.53 bits per heavy atom. The largest absolute Gasteiger partial charge is 0.514 e. The van der Waals surface area contributed by atoms with E-state index in [4.69, 9.17) is 40.0 Å². The van der Waals surface area contributed by atoms with Crippen LogP contribution in [-0.2, 0) is 53.0 Å². The van der Waals surface area contributed by atoms with Gasteiger partial charge in [-0.15, -0.1) is 20.2 Å². The maximum Gasteiger partial charge on any atom is 0.514 e. The van der Waals surface area contributed by atoms with Crippen molar-refractivity contribution in [1.82, 2.24) is 14.7 Å². The Balaban J connectivity index is 1.03. The number of carbonyl (C=O) groups is 4. The summed E-state index contributed by atoms with van der Waals surface area (Å²) in [6, 6.07) is 19.7. The fraction of sp³-hybridized carbons (Fsp3) is 0.455. The molecule has 24 heteroatoms. The molecule has 4 aromatic carbocycles. The average molecular weight is 1120 g/mol. The van der Waals surface area contributed by atoms with Crippen molar-refractivity contribution < 1.29 is 76.2 Å². The zero-order chi connectivity index (χ0) is 56.2. The Morgan fingerprint density at radius 3 is 2.24 bits per heavy atom. The van der Waals surface area contributed by atoms with Gasteiger partial charge in [-0.3, -0.25) is 14.5 Å². The minimum absolute atomic E-state index is 0.0539. The van der Waals surface area contributed by atoms with Gasteiger partial charge in [-0.2, -0.15) is 0 Å². The molecule has 0 spiro atoms. The number of carbonyl (C=O) groups excluding carboxylic acids is 4. The molecule has 3 fully saturated rings. The van der Waals surface area contributed by atoms with E-state index in [9.17, 15) is 43.4 Å². The van der Waals surface area contributed by atoms with Crippen LogP contribution in [0.15, 0.2) is 84.4 Å². The van der Waals surface area contributed by atoms with Gasteiger partial charge in [-0.1, -0.05) is 60.1 Å². The lowest BCUT2D eigenvalue weighted by atomic mass is 9.73. The van der Waals surface area contributed by atoms with Gasteiger partial charge in [0.1, 0.15) is 48.3 Å². The lowest BCUT2D eigenvalue weighted by Crippen LogP contribution is -2.59. The highest BCUT2D eigenvalue weighted by Gasteiger charge is 2.51. The van der Waals surface area contributed by atoms with Gasteiger partial charge in [0.05, 0.1) is 33.0 Å². The predicted octanol–water partition coefficient (Wildman–Crippen LogP) is 9.02. The van der Waals surface area contributed by atoms with Crippen LogP contribution in [0.4, 0.5) is 18.4 Å². The van der Waals surface area contributed by atoms with Gasteiger partial charge >= 0.3 is 12.2 Å². The van der Waals surface area contributed by atoms with E-state index in [1.165, 1.54) is 12.1 Å². The Hall–Kier alpha value is -7.79. The Kier molecular flexibility index (Phi) is 19.4. The monoisotopic (exact) mass is 1120 g/mol. The highest BCUT2D eigenvalue weighted by atomic mass is 35.5. The van der Waals surface area contributed by atoms with Crippen molar-refractivity contribution in [1.29, 1.82) is 0 Å². The first-order valence-electron chi connectivity index (χ1n) is 25.9. The van der Waals surface area contributed by atoms with Crippen molar-refractivity contribution in [2.24, 2.45) is 5.92 Å². The summed E-state index contributed by atoms with van der Waals surface area (Å²) in [7, 11) is 1.59. The number of halogens is 3. The summed E-state index contributed by atoms with van der Waals surface area (Å²) in [6.45, 7) is 1.62. The number of hydrogen-bond donors (Lipinski definition) is 0.